The van der Waals surface area contributed by atoms with Gasteiger partial charge in [0.25, 0.3) is 0 Å². The third kappa shape index (κ3) is 3.29. The van der Waals surface area contributed by atoms with Gasteiger partial charge in [-0.3, -0.25) is 9.59 Å². The van der Waals surface area contributed by atoms with Crippen LogP contribution >= 0.6 is 15.9 Å². The molecule has 0 radical (unpaired) electrons. The van der Waals surface area contributed by atoms with E-state index < -0.39 is 17.5 Å². The lowest BCUT2D eigenvalue weighted by Gasteiger charge is -2.29. The van der Waals surface area contributed by atoms with Gasteiger partial charge in [0.1, 0.15) is 17.4 Å². The molecule has 1 saturated heterocycles. The van der Waals surface area contributed by atoms with Crippen LogP contribution < -0.4 is 4.74 Å². The number of Topliss-reactive ketones (excluding diaryl/α,β-unsaturated/α-hetero) is 1. The molecular weight excluding hydrogens is 408 g/mol. The lowest BCUT2D eigenvalue weighted by atomic mass is 9.78. The van der Waals surface area contributed by atoms with E-state index in [-0.39, 0.29) is 5.78 Å². The molecule has 1 saturated carbocycles. The molecule has 27 heavy (non-hydrogen) atoms. The summed E-state index contributed by atoms with van der Waals surface area (Å²) in [5.41, 5.74) is 0.581. The van der Waals surface area contributed by atoms with Crippen LogP contribution in [0.2, 0.25) is 0 Å². The van der Waals surface area contributed by atoms with Crippen LogP contribution in [0.3, 0.4) is 0 Å². The van der Waals surface area contributed by atoms with Crippen molar-refractivity contribution < 1.29 is 19.1 Å². The highest BCUT2D eigenvalue weighted by Crippen LogP contribution is 2.46. The van der Waals surface area contributed by atoms with Gasteiger partial charge >= 0.3 is 5.97 Å². The van der Waals surface area contributed by atoms with Crippen LogP contribution in [-0.2, 0) is 14.3 Å². The Morgan fingerprint density at radius 3 is 2.48 bits per heavy atom. The Morgan fingerprint density at radius 2 is 1.78 bits per heavy atom. The van der Waals surface area contributed by atoms with E-state index >= 15 is 0 Å². The standard InChI is InChI=1S/C22H21BrO4/c1-14-12-16(18(13-17(14)23)26-15-8-4-2-5-9-15)19-20(24)22(27-21(19)25)10-6-3-7-11-22/h2,4-5,8-9,12-13,19H,3,6-7,10-11H2,1H3. The average Bonchev–Trinajstić information content (AvgIpc) is 2.89. The van der Waals surface area contributed by atoms with Crippen molar-refractivity contribution in [1.29, 1.82) is 0 Å². The number of hydrogen-bond donors (Lipinski definition) is 0. The first-order valence-corrected chi connectivity index (χ1v) is 10.1. The molecule has 0 aromatic heterocycles. The number of rotatable bonds is 3. The molecule has 4 nitrogen and oxygen atoms in total. The lowest BCUT2D eigenvalue weighted by Crippen LogP contribution is -2.39. The molecule has 0 N–H and O–H groups in total. The third-order valence-electron chi connectivity index (χ3n) is 5.48. The summed E-state index contributed by atoms with van der Waals surface area (Å²) in [4.78, 5) is 26.0. The fourth-order valence-electron chi connectivity index (χ4n) is 4.03. The van der Waals surface area contributed by atoms with Gasteiger partial charge in [-0.2, -0.15) is 0 Å². The van der Waals surface area contributed by atoms with E-state index in [1.807, 2.05) is 49.4 Å². The van der Waals surface area contributed by atoms with Crippen molar-refractivity contribution in [2.75, 3.05) is 0 Å². The molecule has 2 aliphatic rings. The summed E-state index contributed by atoms with van der Waals surface area (Å²) in [6.07, 6.45) is 4.16. The van der Waals surface area contributed by atoms with Crippen LogP contribution in [0.5, 0.6) is 11.5 Å². The number of hydrogen-bond acceptors (Lipinski definition) is 4. The maximum Gasteiger partial charge on any atom is 0.322 e. The highest BCUT2D eigenvalue weighted by molar-refractivity contribution is 9.10. The van der Waals surface area contributed by atoms with Gasteiger partial charge in [0, 0.05) is 10.0 Å². The van der Waals surface area contributed by atoms with Crippen LogP contribution in [0.25, 0.3) is 0 Å². The van der Waals surface area contributed by atoms with E-state index in [0.717, 1.165) is 29.3 Å². The van der Waals surface area contributed by atoms with E-state index in [1.54, 1.807) is 0 Å². The Bertz CT molecular complexity index is 885. The maximum atomic E-state index is 13.3. The van der Waals surface area contributed by atoms with Crippen LogP contribution in [-0.4, -0.2) is 17.4 Å². The van der Waals surface area contributed by atoms with Crippen LogP contribution in [0.1, 0.15) is 49.1 Å². The van der Waals surface area contributed by atoms with E-state index in [4.69, 9.17) is 9.47 Å². The van der Waals surface area contributed by atoms with Gasteiger partial charge in [-0.05, 0) is 62.4 Å². The predicted octanol–water partition coefficient (Wildman–Crippen LogP) is 5.46. The molecule has 1 aliphatic carbocycles. The van der Waals surface area contributed by atoms with Crippen LogP contribution in [0.4, 0.5) is 0 Å². The molecule has 4 rings (SSSR count). The average molecular weight is 429 g/mol. The lowest BCUT2D eigenvalue weighted by molar-refractivity contribution is -0.154. The highest BCUT2D eigenvalue weighted by atomic mass is 79.9. The van der Waals surface area contributed by atoms with Gasteiger partial charge < -0.3 is 9.47 Å². The first-order chi connectivity index (χ1) is 13.0. The molecule has 2 fully saturated rings. The number of esters is 1. The normalized spacial score (nSPS) is 21.3. The zero-order valence-electron chi connectivity index (χ0n) is 15.2. The van der Waals surface area contributed by atoms with Crippen molar-refractivity contribution >= 4 is 27.7 Å². The second-order valence-corrected chi connectivity index (χ2v) is 8.18. The largest absolute Gasteiger partial charge is 0.457 e. The summed E-state index contributed by atoms with van der Waals surface area (Å²) in [5.74, 6) is -0.343. The van der Waals surface area contributed by atoms with Crippen molar-refractivity contribution in [3.8, 4) is 11.5 Å². The fraction of sp³-hybridized carbons (Fsp3) is 0.364. The Kier molecular flexibility index (Phi) is 4.81. The molecule has 2 aromatic carbocycles. The van der Waals surface area contributed by atoms with Crippen molar-refractivity contribution in [3.05, 3.63) is 58.1 Å². The molecular formula is C22H21BrO4. The minimum atomic E-state index is -0.939. The molecule has 0 bridgehead atoms. The van der Waals surface area contributed by atoms with Crippen LogP contribution in [0.15, 0.2) is 46.9 Å². The summed E-state index contributed by atoms with van der Waals surface area (Å²) in [5, 5.41) is 0. The molecule has 1 aliphatic heterocycles. The minimum absolute atomic E-state index is 0.119. The number of carbonyl (C=O) groups excluding carboxylic acids is 2. The predicted molar refractivity (Wildman–Crippen MR) is 105 cm³/mol. The van der Waals surface area contributed by atoms with Gasteiger partial charge in [0.2, 0.25) is 0 Å². The second-order valence-electron chi connectivity index (χ2n) is 7.33. The van der Waals surface area contributed by atoms with E-state index in [1.165, 1.54) is 0 Å². The Morgan fingerprint density at radius 1 is 1.07 bits per heavy atom. The maximum absolute atomic E-state index is 13.3. The number of ketones is 1. The Labute approximate surface area is 167 Å². The van der Waals surface area contributed by atoms with Gasteiger partial charge in [-0.15, -0.1) is 0 Å². The van der Waals surface area contributed by atoms with Crippen molar-refractivity contribution in [2.24, 2.45) is 0 Å². The zero-order valence-corrected chi connectivity index (χ0v) is 16.8. The minimum Gasteiger partial charge on any atom is -0.457 e. The molecule has 1 heterocycles. The van der Waals surface area contributed by atoms with E-state index in [2.05, 4.69) is 15.9 Å². The van der Waals surface area contributed by atoms with E-state index in [0.29, 0.717) is 29.9 Å². The van der Waals surface area contributed by atoms with E-state index in [9.17, 15) is 9.59 Å². The number of aryl methyl sites for hydroxylation is 1. The second kappa shape index (κ2) is 7.12. The first kappa shape index (κ1) is 18.2. The quantitative estimate of drug-likeness (QED) is 0.480. The fourth-order valence-corrected chi connectivity index (χ4v) is 4.35. The van der Waals surface area contributed by atoms with Crippen LogP contribution in [0, 0.1) is 6.92 Å². The number of para-hydroxylation sites is 1. The summed E-state index contributed by atoms with van der Waals surface area (Å²) in [6.45, 7) is 1.93. The van der Waals surface area contributed by atoms with Gasteiger partial charge in [0.15, 0.2) is 11.4 Å². The number of ether oxygens (including phenoxy) is 2. The molecule has 2 aromatic rings. The SMILES string of the molecule is Cc1cc(C2C(=O)OC3(CCCCC3)C2=O)c(Oc2ccccc2)cc1Br. The Balaban J connectivity index is 1.75. The molecule has 5 heteroatoms. The highest BCUT2D eigenvalue weighted by Gasteiger charge is 2.56. The van der Waals surface area contributed by atoms with Gasteiger partial charge in [0.05, 0.1) is 0 Å². The van der Waals surface area contributed by atoms with Crippen molar-refractivity contribution in [3.63, 3.8) is 0 Å². The van der Waals surface area contributed by atoms with Crippen molar-refractivity contribution in [2.45, 2.75) is 50.5 Å². The molecule has 1 spiro atoms. The summed E-state index contributed by atoms with van der Waals surface area (Å²) in [7, 11) is 0. The zero-order chi connectivity index (χ0) is 19.0. The topological polar surface area (TPSA) is 52.6 Å². The summed E-state index contributed by atoms with van der Waals surface area (Å²) >= 11 is 3.52. The number of halogens is 1. The molecule has 1 atom stereocenters. The Hall–Kier alpha value is -2.14. The van der Waals surface area contributed by atoms with Gasteiger partial charge in [-0.1, -0.05) is 40.5 Å². The smallest absolute Gasteiger partial charge is 0.322 e. The third-order valence-corrected chi connectivity index (χ3v) is 6.33. The number of carbonyl (C=O) groups is 2. The summed E-state index contributed by atoms with van der Waals surface area (Å²) in [6, 6.07) is 13.0. The van der Waals surface area contributed by atoms with Gasteiger partial charge in [-0.25, -0.2) is 0 Å². The summed E-state index contributed by atoms with van der Waals surface area (Å²) < 4.78 is 12.6. The van der Waals surface area contributed by atoms with Crippen molar-refractivity contribution in [1.82, 2.24) is 0 Å². The monoisotopic (exact) mass is 428 g/mol. The number of benzene rings is 2. The molecule has 0 amide bonds. The molecule has 140 valence electrons. The first-order valence-electron chi connectivity index (χ1n) is 9.30. The molecule has 1 unspecified atom stereocenters.